The summed E-state index contributed by atoms with van der Waals surface area (Å²) in [4.78, 5) is 55.4. The van der Waals surface area contributed by atoms with Crippen LogP contribution in [0, 0.1) is 5.41 Å². The van der Waals surface area contributed by atoms with Crippen molar-refractivity contribution >= 4 is 57.6 Å². The second-order valence-electron chi connectivity index (χ2n) is 8.30. The van der Waals surface area contributed by atoms with Gasteiger partial charge in [-0.25, -0.2) is 9.78 Å². The number of thiazole rings is 1. The topological polar surface area (TPSA) is 141 Å². The van der Waals surface area contributed by atoms with E-state index in [1.807, 2.05) is 6.92 Å². The van der Waals surface area contributed by atoms with Gasteiger partial charge in [0.2, 0.25) is 6.79 Å². The number of rotatable bonds is 7. The zero-order valence-electron chi connectivity index (χ0n) is 18.7. The Hall–Kier alpha value is -2.86. The summed E-state index contributed by atoms with van der Waals surface area (Å²) in [6.07, 6.45) is 3.90. The van der Waals surface area contributed by atoms with Crippen molar-refractivity contribution in [3.05, 3.63) is 28.9 Å². The number of fused-ring (bicyclic) bond motifs is 1. The third-order valence-electron chi connectivity index (χ3n) is 4.79. The second-order valence-corrected chi connectivity index (χ2v) is 10.3. The summed E-state index contributed by atoms with van der Waals surface area (Å²) in [6, 6.07) is -0.797. The van der Waals surface area contributed by atoms with Crippen molar-refractivity contribution in [2.45, 2.75) is 45.5 Å². The summed E-state index contributed by atoms with van der Waals surface area (Å²) in [5.74, 6) is -1.70. The van der Waals surface area contributed by atoms with Crippen molar-refractivity contribution in [1.82, 2.24) is 15.2 Å². The van der Waals surface area contributed by atoms with Crippen LogP contribution in [0.1, 0.15) is 39.8 Å². The van der Waals surface area contributed by atoms with Gasteiger partial charge >= 0.3 is 11.9 Å². The Bertz CT molecular complexity index is 1030. The van der Waals surface area contributed by atoms with Crippen molar-refractivity contribution in [3.63, 3.8) is 0 Å². The summed E-state index contributed by atoms with van der Waals surface area (Å²) in [5, 5.41) is 4.33. The zero-order valence-corrected chi connectivity index (χ0v) is 20.4. The van der Waals surface area contributed by atoms with E-state index in [0.29, 0.717) is 28.6 Å². The molecule has 33 heavy (non-hydrogen) atoms. The Morgan fingerprint density at radius 2 is 2.06 bits per heavy atom. The first kappa shape index (κ1) is 24.8. The molecule has 12 heteroatoms. The molecule has 3 rings (SSSR count). The van der Waals surface area contributed by atoms with Crippen molar-refractivity contribution in [1.29, 1.82) is 0 Å². The van der Waals surface area contributed by atoms with Crippen LogP contribution in [0.15, 0.2) is 23.2 Å². The van der Waals surface area contributed by atoms with Crippen LogP contribution in [0.4, 0.5) is 5.13 Å². The van der Waals surface area contributed by atoms with E-state index >= 15 is 0 Å². The Morgan fingerprint density at radius 1 is 1.33 bits per heavy atom. The zero-order chi connectivity index (χ0) is 24.3. The highest BCUT2D eigenvalue weighted by Gasteiger charge is 2.53. The Labute approximate surface area is 199 Å². The molecule has 10 nitrogen and oxygen atoms in total. The average molecular weight is 495 g/mol. The lowest BCUT2D eigenvalue weighted by Gasteiger charge is -2.48. The maximum atomic E-state index is 12.9. The minimum Gasteiger partial charge on any atom is -0.427 e. The molecule has 3 heterocycles. The van der Waals surface area contributed by atoms with Crippen LogP contribution in [0.2, 0.25) is 0 Å². The van der Waals surface area contributed by atoms with Gasteiger partial charge in [-0.05, 0) is 33.3 Å². The second kappa shape index (κ2) is 9.96. The fourth-order valence-electron chi connectivity index (χ4n) is 3.10. The molecular formula is C21H26N4O6S2. The summed E-state index contributed by atoms with van der Waals surface area (Å²) < 4.78 is 9.97. The maximum Gasteiger partial charge on any atom is 0.357 e. The van der Waals surface area contributed by atoms with Gasteiger partial charge in [0.15, 0.2) is 5.13 Å². The summed E-state index contributed by atoms with van der Waals surface area (Å²) in [6.45, 7) is 6.38. The van der Waals surface area contributed by atoms with Crippen LogP contribution < -0.4 is 11.1 Å². The first-order valence-corrected chi connectivity index (χ1v) is 12.2. The number of aromatic nitrogens is 1. The van der Waals surface area contributed by atoms with Crippen molar-refractivity contribution in [2.24, 2.45) is 5.41 Å². The third kappa shape index (κ3) is 5.38. The fourth-order valence-corrected chi connectivity index (χ4v) is 4.86. The molecule has 2 amide bonds. The molecule has 0 bridgehead atoms. The number of nitrogens with two attached hydrogens (primary N) is 1. The molecule has 0 radical (unpaired) electrons. The molecular weight excluding hydrogens is 468 g/mol. The van der Waals surface area contributed by atoms with Crippen LogP contribution in [-0.2, 0) is 28.7 Å². The van der Waals surface area contributed by atoms with E-state index in [1.165, 1.54) is 28.0 Å². The number of ether oxygens (including phenoxy) is 2. The van der Waals surface area contributed by atoms with Gasteiger partial charge in [-0.2, -0.15) is 0 Å². The van der Waals surface area contributed by atoms with Gasteiger partial charge in [0.1, 0.15) is 17.1 Å². The molecule has 2 atom stereocenters. The molecule has 0 spiro atoms. The number of thioether (sulfide) groups is 1. The first-order chi connectivity index (χ1) is 15.5. The average Bonchev–Trinajstić information content (AvgIpc) is 3.19. The summed E-state index contributed by atoms with van der Waals surface area (Å²) >= 11 is 2.64. The highest BCUT2D eigenvalue weighted by molar-refractivity contribution is 8.00. The standard InChI is InChI=1S/C21H26N4O6S2/c1-5-6-11(12-9-33-20(22)23-12)15(26)24-14-16(27)25-13(7-8-32-17(14)25)18(28)30-10-31-19(29)21(2,3)4/h6-7,9,14,17H,5,8,10H2,1-4H3,(H2,22,23)(H,24,26)/b11-6+/t14-,17-/m1/s1. The van der Waals surface area contributed by atoms with E-state index in [2.05, 4.69) is 10.3 Å². The number of carbonyl (C=O) groups is 4. The van der Waals surface area contributed by atoms with Gasteiger partial charge in [0.25, 0.3) is 11.8 Å². The quantitative estimate of drug-likeness (QED) is 0.251. The lowest BCUT2D eigenvalue weighted by Crippen LogP contribution is -2.70. The summed E-state index contributed by atoms with van der Waals surface area (Å²) in [5.41, 5.74) is 5.81. The predicted octanol–water partition coefficient (Wildman–Crippen LogP) is 1.89. The van der Waals surface area contributed by atoms with Crippen LogP contribution in [0.5, 0.6) is 0 Å². The van der Waals surface area contributed by atoms with E-state index in [9.17, 15) is 19.2 Å². The first-order valence-electron chi connectivity index (χ1n) is 10.3. The normalized spacial score (nSPS) is 20.4. The van der Waals surface area contributed by atoms with Gasteiger partial charge in [-0.3, -0.25) is 19.3 Å². The van der Waals surface area contributed by atoms with Gasteiger partial charge in [0.05, 0.1) is 16.7 Å². The van der Waals surface area contributed by atoms with Crippen LogP contribution in [0.3, 0.4) is 0 Å². The van der Waals surface area contributed by atoms with E-state index in [4.69, 9.17) is 15.2 Å². The van der Waals surface area contributed by atoms with Gasteiger partial charge in [-0.1, -0.05) is 13.0 Å². The van der Waals surface area contributed by atoms with Gasteiger partial charge in [-0.15, -0.1) is 23.1 Å². The number of amides is 2. The molecule has 0 aliphatic carbocycles. The molecule has 1 saturated heterocycles. The number of esters is 2. The molecule has 3 N–H and O–H groups in total. The van der Waals surface area contributed by atoms with E-state index in [-0.39, 0.29) is 5.70 Å². The minimum atomic E-state index is -0.797. The van der Waals surface area contributed by atoms with E-state index in [0.717, 1.165) is 0 Å². The molecule has 1 fully saturated rings. The van der Waals surface area contributed by atoms with Gasteiger partial charge < -0.3 is 20.5 Å². The highest BCUT2D eigenvalue weighted by Crippen LogP contribution is 2.38. The number of hydrogen-bond donors (Lipinski definition) is 2. The van der Waals surface area contributed by atoms with Crippen molar-refractivity contribution < 1.29 is 28.7 Å². The number of hydrogen-bond acceptors (Lipinski definition) is 10. The molecule has 2 aliphatic rings. The highest BCUT2D eigenvalue weighted by atomic mass is 32.2. The number of nitrogen functional groups attached to an aromatic ring is 1. The fraction of sp³-hybridized carbons (Fsp3) is 0.476. The number of nitrogens with zero attached hydrogens (tertiary/aromatic N) is 2. The number of anilines is 1. The molecule has 0 unspecified atom stereocenters. The summed E-state index contributed by atoms with van der Waals surface area (Å²) in [7, 11) is 0. The molecule has 1 aromatic rings. The molecule has 1 aromatic heterocycles. The van der Waals surface area contributed by atoms with Gasteiger partial charge in [0, 0.05) is 11.1 Å². The smallest absolute Gasteiger partial charge is 0.357 e. The van der Waals surface area contributed by atoms with Crippen molar-refractivity contribution in [2.75, 3.05) is 18.3 Å². The molecule has 0 saturated carbocycles. The van der Waals surface area contributed by atoms with Crippen molar-refractivity contribution in [3.8, 4) is 0 Å². The predicted molar refractivity (Wildman–Crippen MR) is 124 cm³/mol. The Morgan fingerprint density at radius 3 is 2.67 bits per heavy atom. The molecule has 178 valence electrons. The Balaban J connectivity index is 1.61. The van der Waals surface area contributed by atoms with E-state index < -0.39 is 47.4 Å². The number of β-lactam (4-membered cyclic amide) rings is 1. The van der Waals surface area contributed by atoms with Crippen LogP contribution in [-0.4, -0.2) is 57.6 Å². The Kier molecular flexibility index (Phi) is 7.48. The van der Waals surface area contributed by atoms with E-state index in [1.54, 1.807) is 38.3 Å². The number of allylic oxidation sites excluding steroid dienone is 1. The lowest BCUT2D eigenvalue weighted by atomic mass is 9.98. The van der Waals surface area contributed by atoms with Crippen LogP contribution in [0.25, 0.3) is 5.57 Å². The molecule has 2 aliphatic heterocycles. The number of carbonyl (C=O) groups excluding carboxylic acids is 4. The maximum absolute atomic E-state index is 12.9. The number of nitrogens with one attached hydrogen (secondary N) is 1. The monoisotopic (exact) mass is 494 g/mol. The SMILES string of the molecule is CC/C=C(/C(=O)N[C@@H]1C(=O)N2C(C(=O)OCOC(=O)C(C)(C)C)=CCS[C@H]12)c1csc(N)n1. The molecule has 0 aromatic carbocycles. The largest absolute Gasteiger partial charge is 0.427 e. The lowest BCUT2D eigenvalue weighted by molar-refractivity contribution is -0.173. The third-order valence-corrected chi connectivity index (χ3v) is 6.64. The van der Waals surface area contributed by atoms with Crippen LogP contribution >= 0.6 is 23.1 Å². The minimum absolute atomic E-state index is 0.0673.